The Balaban J connectivity index is 2.29. The first-order valence-corrected chi connectivity index (χ1v) is 10.1. The Morgan fingerprint density at radius 1 is 1.38 bits per heavy atom. The monoisotopic (exact) mass is 330 g/mol. The van der Waals surface area contributed by atoms with Gasteiger partial charge in [0.15, 0.2) is 0 Å². The number of hydrogen-bond acceptors (Lipinski definition) is 4. The van der Waals surface area contributed by atoms with E-state index in [2.05, 4.69) is 13.8 Å². The van der Waals surface area contributed by atoms with Crippen molar-refractivity contribution in [2.75, 3.05) is 6.54 Å². The summed E-state index contributed by atoms with van der Waals surface area (Å²) < 4.78 is 27.9. The number of nitrogens with two attached hydrogens (primary N) is 1. The van der Waals surface area contributed by atoms with Crippen molar-refractivity contribution < 1.29 is 8.42 Å². The molecule has 1 aromatic heterocycles. The van der Waals surface area contributed by atoms with E-state index in [-0.39, 0.29) is 12.6 Å². The van der Waals surface area contributed by atoms with Gasteiger partial charge in [-0.3, -0.25) is 0 Å². The van der Waals surface area contributed by atoms with E-state index in [1.807, 2.05) is 5.38 Å². The lowest BCUT2D eigenvalue weighted by Crippen LogP contribution is -2.40. The minimum absolute atomic E-state index is 0.166. The van der Waals surface area contributed by atoms with Gasteiger partial charge in [-0.25, -0.2) is 8.42 Å². The quantitative estimate of drug-likeness (QED) is 0.835. The van der Waals surface area contributed by atoms with Crippen LogP contribution in [-0.2, 0) is 16.6 Å². The molecule has 2 N–H and O–H groups in total. The Morgan fingerprint density at radius 3 is 2.62 bits per heavy atom. The zero-order chi connectivity index (χ0) is 15.5. The fourth-order valence-corrected chi connectivity index (χ4v) is 5.92. The average molecular weight is 331 g/mol. The Hall–Kier alpha value is -0.430. The van der Waals surface area contributed by atoms with E-state index in [1.165, 1.54) is 11.3 Å². The summed E-state index contributed by atoms with van der Waals surface area (Å²) in [4.78, 5) is 1.19. The number of thiophene rings is 1. The van der Waals surface area contributed by atoms with Crippen LogP contribution in [0.15, 0.2) is 16.3 Å². The summed E-state index contributed by atoms with van der Waals surface area (Å²) in [6, 6.07) is 1.87. The molecule has 0 aromatic carbocycles. The molecule has 2 rings (SSSR count). The van der Waals surface area contributed by atoms with Crippen LogP contribution in [0.5, 0.6) is 0 Å². The molecule has 0 unspecified atom stereocenters. The second-order valence-corrected chi connectivity index (χ2v) is 9.01. The number of rotatable bonds is 7. The van der Waals surface area contributed by atoms with Crippen LogP contribution in [0.3, 0.4) is 0 Å². The molecule has 0 radical (unpaired) electrons. The topological polar surface area (TPSA) is 63.4 Å². The summed E-state index contributed by atoms with van der Waals surface area (Å²) in [6.07, 6.45) is 5.13. The predicted molar refractivity (Wildman–Crippen MR) is 87.8 cm³/mol. The van der Waals surface area contributed by atoms with Gasteiger partial charge in [-0.1, -0.05) is 26.7 Å². The molecule has 120 valence electrons. The van der Waals surface area contributed by atoms with Crippen LogP contribution in [0.1, 0.15) is 50.8 Å². The van der Waals surface area contributed by atoms with Crippen molar-refractivity contribution in [1.82, 2.24) is 4.31 Å². The van der Waals surface area contributed by atoms with Gasteiger partial charge in [-0.2, -0.15) is 4.31 Å². The van der Waals surface area contributed by atoms with Crippen molar-refractivity contribution >= 4 is 21.4 Å². The third kappa shape index (κ3) is 3.86. The second kappa shape index (κ2) is 7.22. The van der Waals surface area contributed by atoms with Crippen LogP contribution >= 0.6 is 11.3 Å². The molecule has 0 spiro atoms. The first kappa shape index (κ1) is 16.9. The minimum Gasteiger partial charge on any atom is -0.326 e. The van der Waals surface area contributed by atoms with Crippen LogP contribution in [0.25, 0.3) is 0 Å². The van der Waals surface area contributed by atoms with Gasteiger partial charge in [-0.05, 0) is 36.6 Å². The number of hydrogen-bond donors (Lipinski definition) is 1. The fraction of sp³-hybridized carbons (Fsp3) is 0.733. The van der Waals surface area contributed by atoms with Gasteiger partial charge in [0, 0.05) is 24.0 Å². The van der Waals surface area contributed by atoms with E-state index in [9.17, 15) is 8.42 Å². The fourth-order valence-electron chi connectivity index (χ4n) is 2.91. The molecule has 1 saturated carbocycles. The Morgan fingerprint density at radius 2 is 2.05 bits per heavy atom. The molecule has 1 aliphatic rings. The lowest BCUT2D eigenvalue weighted by molar-refractivity contribution is 0.304. The highest BCUT2D eigenvalue weighted by molar-refractivity contribution is 7.89. The molecule has 4 nitrogen and oxygen atoms in total. The molecule has 1 heterocycles. The molecule has 21 heavy (non-hydrogen) atoms. The van der Waals surface area contributed by atoms with Gasteiger partial charge in [0.1, 0.15) is 0 Å². The Bertz CT molecular complexity index is 546. The van der Waals surface area contributed by atoms with Crippen LogP contribution < -0.4 is 5.73 Å². The summed E-state index contributed by atoms with van der Waals surface area (Å²) in [5.41, 5.74) is 5.70. The van der Waals surface area contributed by atoms with Crippen LogP contribution in [-0.4, -0.2) is 25.3 Å². The van der Waals surface area contributed by atoms with Crippen molar-refractivity contribution in [1.29, 1.82) is 0 Å². The Labute approximate surface area is 132 Å². The normalized spacial score (nSPS) is 17.2. The Kier molecular flexibility index (Phi) is 5.82. The van der Waals surface area contributed by atoms with Crippen LogP contribution in [0.2, 0.25) is 0 Å². The SMILES string of the molecule is CC(C)CCN(C1CCCC1)S(=O)(=O)c1ccsc1CN. The highest BCUT2D eigenvalue weighted by Gasteiger charge is 2.34. The average Bonchev–Trinajstić information content (AvgIpc) is 3.09. The van der Waals surface area contributed by atoms with Crippen LogP contribution in [0, 0.1) is 5.92 Å². The maximum Gasteiger partial charge on any atom is 0.244 e. The lowest BCUT2D eigenvalue weighted by Gasteiger charge is -2.28. The second-order valence-electron chi connectivity index (χ2n) is 6.15. The third-order valence-electron chi connectivity index (χ3n) is 4.14. The largest absolute Gasteiger partial charge is 0.326 e. The highest BCUT2D eigenvalue weighted by Crippen LogP contribution is 2.32. The number of sulfonamides is 1. The first-order chi connectivity index (χ1) is 9.96. The molecule has 1 fully saturated rings. The summed E-state index contributed by atoms with van der Waals surface area (Å²) in [7, 11) is -3.42. The van der Waals surface area contributed by atoms with Gasteiger partial charge in [0.2, 0.25) is 10.0 Å². The van der Waals surface area contributed by atoms with E-state index in [1.54, 1.807) is 10.4 Å². The van der Waals surface area contributed by atoms with E-state index < -0.39 is 10.0 Å². The third-order valence-corrected chi connectivity index (χ3v) is 7.24. The van der Waals surface area contributed by atoms with Crippen molar-refractivity contribution in [2.45, 2.75) is 63.4 Å². The number of nitrogens with zero attached hydrogens (tertiary/aromatic N) is 1. The molecule has 0 atom stereocenters. The molecule has 1 aliphatic carbocycles. The van der Waals surface area contributed by atoms with E-state index in [4.69, 9.17) is 5.73 Å². The summed E-state index contributed by atoms with van der Waals surface area (Å²) in [5.74, 6) is 0.501. The standard InChI is InChI=1S/C15H26N2O2S2/c1-12(2)7-9-17(13-5-3-4-6-13)21(18,19)15-8-10-20-14(15)11-16/h8,10,12-13H,3-7,9,11,16H2,1-2H3. The molecular weight excluding hydrogens is 304 g/mol. The van der Waals surface area contributed by atoms with E-state index >= 15 is 0 Å². The van der Waals surface area contributed by atoms with Crippen molar-refractivity contribution in [3.8, 4) is 0 Å². The summed E-state index contributed by atoms with van der Waals surface area (Å²) in [5, 5.41) is 1.82. The van der Waals surface area contributed by atoms with E-state index in [0.29, 0.717) is 17.4 Å². The summed E-state index contributed by atoms with van der Waals surface area (Å²) >= 11 is 1.43. The smallest absolute Gasteiger partial charge is 0.244 e. The first-order valence-electron chi connectivity index (χ1n) is 7.75. The zero-order valence-corrected chi connectivity index (χ0v) is 14.5. The van der Waals surface area contributed by atoms with Crippen LogP contribution in [0.4, 0.5) is 0 Å². The van der Waals surface area contributed by atoms with E-state index in [0.717, 1.165) is 37.0 Å². The van der Waals surface area contributed by atoms with Gasteiger partial charge in [0.05, 0.1) is 4.90 Å². The van der Waals surface area contributed by atoms with Crippen molar-refractivity contribution in [3.63, 3.8) is 0 Å². The molecule has 0 bridgehead atoms. The molecule has 0 saturated heterocycles. The lowest BCUT2D eigenvalue weighted by atomic mass is 10.1. The highest BCUT2D eigenvalue weighted by atomic mass is 32.2. The van der Waals surface area contributed by atoms with Crippen molar-refractivity contribution in [3.05, 3.63) is 16.3 Å². The maximum absolute atomic E-state index is 13.0. The molecule has 6 heteroatoms. The molecule has 0 aliphatic heterocycles. The van der Waals surface area contributed by atoms with Gasteiger partial charge >= 0.3 is 0 Å². The minimum atomic E-state index is -3.42. The van der Waals surface area contributed by atoms with Gasteiger partial charge < -0.3 is 5.73 Å². The molecule has 0 amide bonds. The van der Waals surface area contributed by atoms with Crippen molar-refractivity contribution in [2.24, 2.45) is 11.7 Å². The van der Waals surface area contributed by atoms with Gasteiger partial charge in [0.25, 0.3) is 0 Å². The maximum atomic E-state index is 13.0. The predicted octanol–water partition coefficient (Wildman–Crippen LogP) is 3.19. The molecule has 1 aromatic rings. The van der Waals surface area contributed by atoms with Gasteiger partial charge in [-0.15, -0.1) is 11.3 Å². The zero-order valence-electron chi connectivity index (χ0n) is 12.9. The molecular formula is C15H26N2O2S2. The summed E-state index contributed by atoms with van der Waals surface area (Å²) in [6.45, 7) is 5.17.